The zero-order valence-corrected chi connectivity index (χ0v) is 19.2. The minimum atomic E-state index is -2.63. The van der Waals surface area contributed by atoms with Crippen LogP contribution >= 0.6 is 0 Å². The number of amides is 2. The first kappa shape index (κ1) is 21.1. The lowest BCUT2D eigenvalue weighted by atomic mass is 9.86. The largest absolute Gasteiger partial charge is 0.374 e. The van der Waals surface area contributed by atoms with E-state index in [1.807, 2.05) is 22.8 Å². The molecule has 4 aliphatic rings. The minimum absolute atomic E-state index is 0.00511. The number of carbonyl (C=O) groups excluding carboxylic acids is 2. The normalized spacial score (nSPS) is 32.5. The molecule has 3 fully saturated rings. The maximum Gasteiger partial charge on any atom is 0.259 e. The van der Waals surface area contributed by atoms with Crippen molar-refractivity contribution in [1.82, 2.24) is 14.7 Å². The van der Waals surface area contributed by atoms with Gasteiger partial charge in [0.15, 0.2) is 0 Å². The van der Waals surface area contributed by atoms with Crippen molar-refractivity contribution in [2.24, 2.45) is 23.2 Å². The van der Waals surface area contributed by atoms with Gasteiger partial charge in [-0.2, -0.15) is 9.46 Å². The number of nitrogens with zero attached hydrogens (tertiary/aromatic N) is 4. The van der Waals surface area contributed by atoms with Gasteiger partial charge in [0.05, 0.1) is 34.1 Å². The number of hydrogen-bond acceptors (Lipinski definition) is 5. The van der Waals surface area contributed by atoms with E-state index < -0.39 is 9.73 Å². The molecule has 8 nitrogen and oxygen atoms in total. The molecule has 1 aromatic rings. The Balaban J connectivity index is 1.19. The predicted octanol–water partition coefficient (Wildman–Crippen LogP) is 1.71. The molecule has 3 saturated heterocycles. The first-order valence-electron chi connectivity index (χ1n) is 11.5. The number of likely N-dealkylation sites (tertiary alicyclic amines) is 1. The van der Waals surface area contributed by atoms with E-state index in [0.29, 0.717) is 25.9 Å². The molecule has 3 aliphatic heterocycles. The highest BCUT2D eigenvalue weighted by molar-refractivity contribution is 7.93. The van der Waals surface area contributed by atoms with Crippen LogP contribution in [0.3, 0.4) is 0 Å². The average molecular weight is 449 g/mol. The summed E-state index contributed by atoms with van der Waals surface area (Å²) in [6.45, 7) is 1.17. The quantitative estimate of drug-likeness (QED) is 0.702. The first-order chi connectivity index (χ1) is 14.8. The fourth-order valence-corrected chi connectivity index (χ4v) is 7.57. The van der Waals surface area contributed by atoms with Gasteiger partial charge in [-0.1, -0.05) is 0 Å². The summed E-state index contributed by atoms with van der Waals surface area (Å²) in [6, 6.07) is 0. The van der Waals surface area contributed by atoms with Crippen LogP contribution in [-0.2, 0) is 43.9 Å². The molecule has 0 spiro atoms. The molecule has 1 aliphatic carbocycles. The van der Waals surface area contributed by atoms with Gasteiger partial charge in [-0.25, -0.2) is 4.21 Å². The van der Waals surface area contributed by atoms with Crippen molar-refractivity contribution in [2.45, 2.75) is 68.8 Å². The number of carbonyl (C=O) groups is 2. The van der Waals surface area contributed by atoms with E-state index in [1.165, 1.54) is 5.56 Å². The molecule has 5 unspecified atom stereocenters. The van der Waals surface area contributed by atoms with Gasteiger partial charge in [-0.3, -0.25) is 14.3 Å². The van der Waals surface area contributed by atoms with Gasteiger partial charge < -0.3 is 9.64 Å². The summed E-state index contributed by atoms with van der Waals surface area (Å²) in [4.78, 5) is 27.7. The Labute approximate surface area is 183 Å². The SMILES string of the molecule is Cn1ncc2c1CC(C(=O)N1CCC(S(C)(=O)=NC(=O)C3CC4CCC3O4)CC1)CC2. The summed E-state index contributed by atoms with van der Waals surface area (Å²) in [5, 5.41) is 4.18. The molecule has 0 N–H and O–H groups in total. The van der Waals surface area contributed by atoms with Crippen molar-refractivity contribution in [3.05, 3.63) is 17.5 Å². The second kappa shape index (κ2) is 7.99. The van der Waals surface area contributed by atoms with Gasteiger partial charge in [0, 0.05) is 49.7 Å². The Bertz CT molecular complexity index is 1000. The van der Waals surface area contributed by atoms with E-state index in [9.17, 15) is 13.8 Å². The molecular formula is C22H32N4O4S. The summed E-state index contributed by atoms with van der Waals surface area (Å²) in [5.74, 6) is -0.272. The van der Waals surface area contributed by atoms with Crippen molar-refractivity contribution in [1.29, 1.82) is 0 Å². The molecule has 0 aromatic carbocycles. The maximum absolute atomic E-state index is 13.3. The second-order valence-corrected chi connectivity index (χ2v) is 12.3. The third-order valence-electron chi connectivity index (χ3n) is 7.77. The first-order valence-corrected chi connectivity index (χ1v) is 13.5. The average Bonchev–Trinajstić information content (AvgIpc) is 3.49. The molecule has 5 atom stereocenters. The molecule has 5 rings (SSSR count). The standard InChI is InChI=1S/C22H32N4O4S/c1-25-19-11-14(3-4-15(19)13-23-25)22(28)26-9-7-17(8-10-26)31(2,29)24-21(27)18-12-16-5-6-20(18)30-16/h13-14,16-18,20H,3-12H2,1-2H3. The molecule has 31 heavy (non-hydrogen) atoms. The summed E-state index contributed by atoms with van der Waals surface area (Å²) >= 11 is 0. The van der Waals surface area contributed by atoms with Gasteiger partial charge in [-0.15, -0.1) is 0 Å². The van der Waals surface area contributed by atoms with E-state index in [2.05, 4.69) is 9.46 Å². The monoisotopic (exact) mass is 448 g/mol. The van der Waals surface area contributed by atoms with Gasteiger partial charge in [0.2, 0.25) is 5.91 Å². The van der Waals surface area contributed by atoms with Crippen molar-refractivity contribution < 1.29 is 18.5 Å². The van der Waals surface area contributed by atoms with Gasteiger partial charge >= 0.3 is 0 Å². The van der Waals surface area contributed by atoms with Crippen LogP contribution in [0.25, 0.3) is 0 Å². The van der Waals surface area contributed by atoms with Gasteiger partial charge in [0.1, 0.15) is 0 Å². The van der Waals surface area contributed by atoms with E-state index in [4.69, 9.17) is 4.74 Å². The van der Waals surface area contributed by atoms with Crippen LogP contribution in [0.15, 0.2) is 10.6 Å². The fourth-order valence-electron chi connectivity index (χ4n) is 5.85. The third kappa shape index (κ3) is 3.95. The van der Waals surface area contributed by atoms with E-state index >= 15 is 0 Å². The maximum atomic E-state index is 13.3. The Morgan fingerprint density at radius 1 is 1.19 bits per heavy atom. The Hall–Kier alpha value is -1.74. The third-order valence-corrected chi connectivity index (χ3v) is 10.0. The molecule has 2 amide bonds. The molecule has 170 valence electrons. The van der Waals surface area contributed by atoms with Crippen LogP contribution in [0.4, 0.5) is 0 Å². The van der Waals surface area contributed by atoms with Crippen LogP contribution in [0, 0.1) is 11.8 Å². The highest BCUT2D eigenvalue weighted by Crippen LogP contribution is 2.39. The van der Waals surface area contributed by atoms with Crippen molar-refractivity contribution in [3.8, 4) is 0 Å². The predicted molar refractivity (Wildman–Crippen MR) is 116 cm³/mol. The number of hydrogen-bond donors (Lipinski definition) is 0. The van der Waals surface area contributed by atoms with Gasteiger partial charge in [0.25, 0.3) is 5.91 Å². The summed E-state index contributed by atoms with van der Waals surface area (Å²) in [6.07, 6.45) is 10.1. The molecule has 9 heteroatoms. The van der Waals surface area contributed by atoms with Crippen LogP contribution in [0.1, 0.15) is 49.8 Å². The Morgan fingerprint density at radius 2 is 1.97 bits per heavy atom. The summed E-state index contributed by atoms with van der Waals surface area (Å²) in [5.41, 5.74) is 2.42. The van der Waals surface area contributed by atoms with Crippen LogP contribution in [0.5, 0.6) is 0 Å². The highest BCUT2D eigenvalue weighted by atomic mass is 32.2. The Kier molecular flexibility index (Phi) is 5.45. The van der Waals surface area contributed by atoms with E-state index in [0.717, 1.165) is 44.2 Å². The van der Waals surface area contributed by atoms with Crippen LogP contribution < -0.4 is 0 Å². The lowest BCUT2D eigenvalue weighted by Gasteiger charge is -2.35. The van der Waals surface area contributed by atoms with Crippen molar-refractivity contribution in [3.63, 3.8) is 0 Å². The fraction of sp³-hybridized carbons (Fsp3) is 0.773. The number of aromatic nitrogens is 2. The van der Waals surface area contributed by atoms with Crippen LogP contribution in [-0.4, -0.2) is 67.5 Å². The summed E-state index contributed by atoms with van der Waals surface area (Å²) in [7, 11) is -0.695. The number of rotatable bonds is 3. The van der Waals surface area contributed by atoms with E-state index in [-0.39, 0.29) is 41.1 Å². The van der Waals surface area contributed by atoms with Crippen molar-refractivity contribution >= 4 is 21.5 Å². The molecule has 2 bridgehead atoms. The van der Waals surface area contributed by atoms with E-state index in [1.54, 1.807) is 6.26 Å². The highest BCUT2D eigenvalue weighted by Gasteiger charge is 2.45. The number of aryl methyl sites for hydroxylation is 2. The molecule has 0 saturated carbocycles. The molecule has 1 aromatic heterocycles. The summed E-state index contributed by atoms with van der Waals surface area (Å²) < 4.78 is 25.2. The Morgan fingerprint density at radius 3 is 2.65 bits per heavy atom. The lowest BCUT2D eigenvalue weighted by molar-refractivity contribution is -0.136. The molecule has 0 radical (unpaired) electrons. The molecular weight excluding hydrogens is 416 g/mol. The number of piperidine rings is 1. The minimum Gasteiger partial charge on any atom is -0.374 e. The smallest absolute Gasteiger partial charge is 0.259 e. The number of ether oxygens (including phenoxy) is 1. The van der Waals surface area contributed by atoms with Crippen molar-refractivity contribution in [2.75, 3.05) is 19.3 Å². The molecule has 4 heterocycles. The van der Waals surface area contributed by atoms with Gasteiger partial charge in [-0.05, 0) is 50.5 Å². The zero-order chi connectivity index (χ0) is 21.8. The zero-order valence-electron chi connectivity index (χ0n) is 18.4. The van der Waals surface area contributed by atoms with Crippen LogP contribution in [0.2, 0.25) is 0 Å². The number of fused-ring (bicyclic) bond motifs is 3. The lowest BCUT2D eigenvalue weighted by Crippen LogP contribution is -2.45. The second-order valence-electron chi connectivity index (χ2n) is 9.71. The topological polar surface area (TPSA) is 93.9 Å².